The minimum Gasteiger partial charge on any atom is -0.370 e. The van der Waals surface area contributed by atoms with Crippen molar-refractivity contribution in [3.63, 3.8) is 0 Å². The van der Waals surface area contributed by atoms with E-state index in [1.165, 1.54) is 0 Å². The fraction of sp³-hybridized carbons (Fsp3) is 0.278. The normalized spacial score (nSPS) is 14.8. The number of benzene rings is 1. The molecule has 0 bridgehead atoms. The number of amides is 1. The molecule has 0 atom stereocenters. The molecule has 2 heterocycles. The van der Waals surface area contributed by atoms with Gasteiger partial charge in [0.1, 0.15) is 5.15 Å². The number of carbonyl (C=O) groups excluding carboxylic acids is 1. The second-order valence-electron chi connectivity index (χ2n) is 5.78. The van der Waals surface area contributed by atoms with E-state index in [2.05, 4.69) is 31.9 Å². The Morgan fingerprint density at radius 2 is 1.96 bits per heavy atom. The summed E-state index contributed by atoms with van der Waals surface area (Å²) >= 11 is 9.42. The number of anilines is 1. The van der Waals surface area contributed by atoms with Gasteiger partial charge < -0.3 is 9.80 Å². The van der Waals surface area contributed by atoms with Crippen LogP contribution in [-0.4, -0.2) is 42.0 Å². The number of carbonyl (C=O) groups is 1. The van der Waals surface area contributed by atoms with Crippen molar-refractivity contribution in [3.8, 4) is 6.07 Å². The van der Waals surface area contributed by atoms with Crippen molar-refractivity contribution in [2.24, 2.45) is 0 Å². The quantitative estimate of drug-likeness (QED) is 0.696. The fourth-order valence-corrected chi connectivity index (χ4v) is 3.38. The van der Waals surface area contributed by atoms with Crippen LogP contribution in [0.2, 0.25) is 5.15 Å². The molecule has 0 unspecified atom stereocenters. The molecule has 5 nitrogen and oxygen atoms in total. The molecule has 0 saturated carbocycles. The number of rotatable bonds is 2. The van der Waals surface area contributed by atoms with Gasteiger partial charge >= 0.3 is 0 Å². The molecule has 1 fully saturated rings. The van der Waals surface area contributed by atoms with Gasteiger partial charge in [0.25, 0.3) is 5.91 Å². The van der Waals surface area contributed by atoms with Crippen LogP contribution >= 0.6 is 27.5 Å². The Hall–Kier alpha value is -2.10. The van der Waals surface area contributed by atoms with Crippen molar-refractivity contribution in [3.05, 3.63) is 57.3 Å². The number of hydrogen-bond acceptors (Lipinski definition) is 4. The number of nitriles is 1. The van der Waals surface area contributed by atoms with Gasteiger partial charge in [-0.25, -0.2) is 4.98 Å². The van der Waals surface area contributed by atoms with Crippen LogP contribution in [0.1, 0.15) is 22.3 Å². The van der Waals surface area contributed by atoms with Crippen molar-refractivity contribution in [2.75, 3.05) is 31.1 Å². The van der Waals surface area contributed by atoms with Crippen molar-refractivity contribution in [1.82, 2.24) is 9.88 Å². The molecule has 1 saturated heterocycles. The predicted octanol–water partition coefficient (Wildman–Crippen LogP) is 3.72. The maximum absolute atomic E-state index is 12.8. The average molecular weight is 420 g/mol. The summed E-state index contributed by atoms with van der Waals surface area (Å²) in [7, 11) is 0. The highest BCUT2D eigenvalue weighted by Crippen LogP contribution is 2.22. The van der Waals surface area contributed by atoms with Crippen molar-refractivity contribution in [2.45, 2.75) is 6.42 Å². The largest absolute Gasteiger partial charge is 0.370 e. The van der Waals surface area contributed by atoms with Gasteiger partial charge in [0.2, 0.25) is 0 Å². The minimum absolute atomic E-state index is 0.0968. The molecule has 0 N–H and O–H groups in total. The van der Waals surface area contributed by atoms with Crippen LogP contribution in [0.4, 0.5) is 5.69 Å². The van der Waals surface area contributed by atoms with Gasteiger partial charge in [0.05, 0.1) is 17.2 Å². The van der Waals surface area contributed by atoms with Gasteiger partial charge in [-0.15, -0.1) is 0 Å². The lowest BCUT2D eigenvalue weighted by atomic mass is 10.2. The molecule has 0 aliphatic carbocycles. The molecule has 7 heteroatoms. The molecule has 25 heavy (non-hydrogen) atoms. The Balaban J connectivity index is 1.71. The number of hydrogen-bond donors (Lipinski definition) is 0. The fourth-order valence-electron chi connectivity index (χ4n) is 2.87. The van der Waals surface area contributed by atoms with E-state index in [-0.39, 0.29) is 11.1 Å². The van der Waals surface area contributed by atoms with E-state index in [1.54, 1.807) is 12.3 Å². The van der Waals surface area contributed by atoms with Crippen LogP contribution in [0.25, 0.3) is 0 Å². The van der Waals surface area contributed by atoms with Crippen molar-refractivity contribution in [1.29, 1.82) is 5.26 Å². The third-order valence-corrected chi connectivity index (χ3v) is 4.92. The molecule has 0 radical (unpaired) electrons. The molecular weight excluding hydrogens is 404 g/mol. The lowest BCUT2D eigenvalue weighted by molar-refractivity contribution is 0.0766. The Morgan fingerprint density at radius 3 is 2.68 bits per heavy atom. The lowest BCUT2D eigenvalue weighted by Crippen LogP contribution is -2.35. The smallest absolute Gasteiger partial charge is 0.257 e. The molecule has 1 aromatic carbocycles. The highest BCUT2D eigenvalue weighted by Gasteiger charge is 2.23. The second kappa shape index (κ2) is 7.85. The van der Waals surface area contributed by atoms with Crippen LogP contribution in [0.3, 0.4) is 0 Å². The van der Waals surface area contributed by atoms with E-state index in [0.717, 1.165) is 29.7 Å². The van der Waals surface area contributed by atoms with Gasteiger partial charge in [-0.2, -0.15) is 5.26 Å². The van der Waals surface area contributed by atoms with E-state index in [4.69, 9.17) is 16.9 Å². The number of halogens is 2. The first-order valence-electron chi connectivity index (χ1n) is 7.94. The summed E-state index contributed by atoms with van der Waals surface area (Å²) in [6.45, 7) is 2.88. The Morgan fingerprint density at radius 1 is 1.20 bits per heavy atom. The van der Waals surface area contributed by atoms with Crippen molar-refractivity contribution >= 4 is 39.1 Å². The molecule has 0 spiro atoms. The summed E-state index contributed by atoms with van der Waals surface area (Å²) in [6.07, 6.45) is 2.44. The van der Waals surface area contributed by atoms with E-state index in [1.807, 2.05) is 29.2 Å². The van der Waals surface area contributed by atoms with Crippen LogP contribution in [0, 0.1) is 11.3 Å². The summed E-state index contributed by atoms with van der Waals surface area (Å²) in [5.41, 5.74) is 2.13. The first kappa shape index (κ1) is 17.7. The molecule has 1 aliphatic heterocycles. The van der Waals surface area contributed by atoms with E-state index >= 15 is 0 Å². The molecule has 3 rings (SSSR count). The van der Waals surface area contributed by atoms with Crippen LogP contribution in [-0.2, 0) is 0 Å². The molecule has 2 aromatic rings. The van der Waals surface area contributed by atoms with Crippen LogP contribution < -0.4 is 4.90 Å². The zero-order valence-corrected chi connectivity index (χ0v) is 15.8. The summed E-state index contributed by atoms with van der Waals surface area (Å²) in [5.74, 6) is -0.0968. The topological polar surface area (TPSA) is 60.2 Å². The average Bonchev–Trinajstić information content (AvgIpc) is 2.89. The summed E-state index contributed by atoms with van der Waals surface area (Å²) < 4.78 is 0.731. The van der Waals surface area contributed by atoms with Crippen LogP contribution in [0.5, 0.6) is 0 Å². The SMILES string of the molecule is N#Cc1ccc(N2CCCN(C(=O)c3cc(Br)cnc3Cl)CC2)cc1. The van der Waals surface area contributed by atoms with Crippen LogP contribution in [0.15, 0.2) is 41.0 Å². The summed E-state index contributed by atoms with van der Waals surface area (Å²) in [4.78, 5) is 20.9. The third kappa shape index (κ3) is 4.12. The molecule has 1 aliphatic rings. The first-order valence-corrected chi connectivity index (χ1v) is 9.11. The Bertz CT molecular complexity index is 819. The molecule has 1 amide bonds. The second-order valence-corrected chi connectivity index (χ2v) is 7.06. The van der Waals surface area contributed by atoms with Gasteiger partial charge in [-0.05, 0) is 52.7 Å². The summed E-state index contributed by atoms with van der Waals surface area (Å²) in [6, 6.07) is 11.4. The maximum Gasteiger partial charge on any atom is 0.257 e. The lowest BCUT2D eigenvalue weighted by Gasteiger charge is -2.24. The monoisotopic (exact) mass is 418 g/mol. The molecule has 128 valence electrons. The molecular formula is C18H16BrClN4O. The highest BCUT2D eigenvalue weighted by molar-refractivity contribution is 9.10. The standard InChI is InChI=1S/C18H16BrClN4O/c19-14-10-16(17(20)22-12-14)18(25)24-7-1-6-23(8-9-24)15-4-2-13(11-21)3-5-15/h2-5,10,12H,1,6-9H2. The predicted molar refractivity (Wildman–Crippen MR) is 101 cm³/mol. The third-order valence-electron chi connectivity index (χ3n) is 4.18. The minimum atomic E-state index is -0.0968. The van der Waals surface area contributed by atoms with E-state index < -0.39 is 0 Å². The van der Waals surface area contributed by atoms with Gasteiger partial charge in [0.15, 0.2) is 0 Å². The molecule has 1 aromatic heterocycles. The zero-order valence-electron chi connectivity index (χ0n) is 13.5. The first-order chi connectivity index (χ1) is 12.1. The Kier molecular flexibility index (Phi) is 5.57. The highest BCUT2D eigenvalue weighted by atomic mass is 79.9. The van der Waals surface area contributed by atoms with Gasteiger partial charge in [0, 0.05) is 42.5 Å². The van der Waals surface area contributed by atoms with Gasteiger partial charge in [-0.1, -0.05) is 11.6 Å². The summed E-state index contributed by atoms with van der Waals surface area (Å²) in [5, 5.41) is 9.13. The zero-order chi connectivity index (χ0) is 17.8. The number of pyridine rings is 1. The van der Waals surface area contributed by atoms with Crippen molar-refractivity contribution < 1.29 is 4.79 Å². The van der Waals surface area contributed by atoms with E-state index in [9.17, 15) is 4.79 Å². The number of nitrogens with zero attached hydrogens (tertiary/aromatic N) is 4. The maximum atomic E-state index is 12.8. The van der Waals surface area contributed by atoms with E-state index in [0.29, 0.717) is 24.2 Å². The Labute approximate surface area is 160 Å². The van der Waals surface area contributed by atoms with Gasteiger partial charge in [-0.3, -0.25) is 4.79 Å². The number of aromatic nitrogens is 1.